The van der Waals surface area contributed by atoms with E-state index in [1.807, 2.05) is 18.2 Å². The Kier molecular flexibility index (Phi) is 3.32. The van der Waals surface area contributed by atoms with Crippen molar-refractivity contribution in [2.75, 3.05) is 6.54 Å². The molecule has 1 heterocycles. The lowest BCUT2D eigenvalue weighted by molar-refractivity contribution is 0.412. The number of hydrogen-bond donors (Lipinski definition) is 1. The average Bonchev–Trinajstić information content (AvgIpc) is 2.19. The number of hydrogen-bond acceptors (Lipinski definition) is 1. The second kappa shape index (κ2) is 4.52. The molecule has 1 nitrogen and oxygen atoms in total. The fraction of sp³-hybridized carbons (Fsp3) is 0.455. The van der Waals surface area contributed by atoms with Gasteiger partial charge in [0.15, 0.2) is 0 Å². The molecule has 0 radical (unpaired) electrons. The van der Waals surface area contributed by atoms with Gasteiger partial charge in [0, 0.05) is 21.7 Å². The van der Waals surface area contributed by atoms with E-state index in [-0.39, 0.29) is 0 Å². The highest BCUT2D eigenvalue weighted by Gasteiger charge is 2.19. The molecule has 14 heavy (non-hydrogen) atoms. The molecule has 0 spiro atoms. The molecule has 0 amide bonds. The minimum atomic E-state index is 0.338. The van der Waals surface area contributed by atoms with Crippen LogP contribution in [-0.2, 0) is 0 Å². The Labute approximate surface area is 94.4 Å². The highest BCUT2D eigenvalue weighted by atomic mass is 35.5. The first-order chi connectivity index (χ1) is 6.79. The maximum absolute atomic E-state index is 6.14. The Morgan fingerprint density at radius 3 is 2.43 bits per heavy atom. The van der Waals surface area contributed by atoms with Gasteiger partial charge in [-0.15, -0.1) is 0 Å². The van der Waals surface area contributed by atoms with Gasteiger partial charge in [-0.1, -0.05) is 35.7 Å². The van der Waals surface area contributed by atoms with Gasteiger partial charge in [0.2, 0.25) is 0 Å². The summed E-state index contributed by atoms with van der Waals surface area (Å²) in [7, 11) is 0. The van der Waals surface area contributed by atoms with Crippen LogP contribution >= 0.6 is 23.2 Å². The van der Waals surface area contributed by atoms with Crippen LogP contribution in [0.25, 0.3) is 0 Å². The van der Waals surface area contributed by atoms with Gasteiger partial charge < -0.3 is 5.32 Å². The van der Waals surface area contributed by atoms with Crippen molar-refractivity contribution in [2.24, 2.45) is 0 Å². The molecule has 1 aromatic rings. The number of piperidine rings is 1. The summed E-state index contributed by atoms with van der Waals surface area (Å²) in [4.78, 5) is 0. The molecule has 0 bridgehead atoms. The Morgan fingerprint density at radius 1 is 1.14 bits per heavy atom. The van der Waals surface area contributed by atoms with Crippen LogP contribution in [0.1, 0.15) is 30.9 Å². The molecule has 1 atom stereocenters. The molecule has 0 unspecified atom stereocenters. The normalized spacial score (nSPS) is 22.3. The molecule has 0 saturated carbocycles. The first kappa shape index (κ1) is 10.3. The lowest BCUT2D eigenvalue weighted by Crippen LogP contribution is -2.27. The molecule has 0 aromatic heterocycles. The summed E-state index contributed by atoms with van der Waals surface area (Å²) in [6, 6.07) is 6.03. The van der Waals surface area contributed by atoms with E-state index in [1.54, 1.807) is 0 Å². The van der Waals surface area contributed by atoms with Crippen molar-refractivity contribution in [1.29, 1.82) is 0 Å². The van der Waals surface area contributed by atoms with Crippen LogP contribution in [0.15, 0.2) is 18.2 Å². The van der Waals surface area contributed by atoms with Gasteiger partial charge >= 0.3 is 0 Å². The van der Waals surface area contributed by atoms with E-state index in [9.17, 15) is 0 Å². The summed E-state index contributed by atoms with van der Waals surface area (Å²) < 4.78 is 0. The molecular formula is C11H13Cl2N. The third-order valence-corrected chi connectivity index (χ3v) is 3.32. The van der Waals surface area contributed by atoms with Crippen LogP contribution in [0.3, 0.4) is 0 Å². The largest absolute Gasteiger partial charge is 0.310 e. The van der Waals surface area contributed by atoms with Gasteiger partial charge in [-0.3, -0.25) is 0 Å². The van der Waals surface area contributed by atoms with Crippen LogP contribution in [0, 0.1) is 0 Å². The Balaban J connectivity index is 2.29. The van der Waals surface area contributed by atoms with Crippen molar-refractivity contribution in [3.05, 3.63) is 33.8 Å². The molecule has 1 saturated heterocycles. The standard InChI is InChI=1S/C11H13Cl2N/c12-8-4-3-5-9(13)11(8)10-6-1-2-7-14-10/h3-5,10,14H,1-2,6-7H2/t10-/m1/s1. The van der Waals surface area contributed by atoms with E-state index in [0.717, 1.165) is 28.6 Å². The number of rotatable bonds is 1. The maximum Gasteiger partial charge on any atom is 0.0468 e. The van der Waals surface area contributed by atoms with E-state index in [4.69, 9.17) is 23.2 Å². The predicted molar refractivity (Wildman–Crippen MR) is 61.1 cm³/mol. The van der Waals surface area contributed by atoms with E-state index < -0.39 is 0 Å². The van der Waals surface area contributed by atoms with Crippen LogP contribution in [-0.4, -0.2) is 6.54 Å². The van der Waals surface area contributed by atoms with Gasteiger partial charge in [0.25, 0.3) is 0 Å². The second-order valence-electron chi connectivity index (χ2n) is 3.64. The maximum atomic E-state index is 6.14. The zero-order valence-electron chi connectivity index (χ0n) is 7.89. The molecule has 1 aromatic carbocycles. The molecule has 0 aliphatic carbocycles. The summed E-state index contributed by atoms with van der Waals surface area (Å²) >= 11 is 12.3. The molecule has 1 N–H and O–H groups in total. The summed E-state index contributed by atoms with van der Waals surface area (Å²) in [6.45, 7) is 1.06. The number of benzene rings is 1. The molecule has 1 fully saturated rings. The van der Waals surface area contributed by atoms with Crippen molar-refractivity contribution in [2.45, 2.75) is 25.3 Å². The Bertz CT molecular complexity index is 299. The highest BCUT2D eigenvalue weighted by Crippen LogP contribution is 2.34. The van der Waals surface area contributed by atoms with Crippen LogP contribution < -0.4 is 5.32 Å². The van der Waals surface area contributed by atoms with Gasteiger partial charge in [0.05, 0.1) is 0 Å². The summed E-state index contributed by atoms with van der Waals surface area (Å²) in [6.07, 6.45) is 3.63. The first-order valence-electron chi connectivity index (χ1n) is 4.96. The smallest absolute Gasteiger partial charge is 0.0468 e. The SMILES string of the molecule is Clc1cccc(Cl)c1[C@H]1CCCCN1. The third-order valence-electron chi connectivity index (χ3n) is 2.66. The molecular weight excluding hydrogens is 217 g/mol. The lowest BCUT2D eigenvalue weighted by atomic mass is 9.97. The van der Waals surface area contributed by atoms with Crippen molar-refractivity contribution in [3.63, 3.8) is 0 Å². The zero-order valence-corrected chi connectivity index (χ0v) is 9.41. The quantitative estimate of drug-likeness (QED) is 0.773. The minimum Gasteiger partial charge on any atom is -0.310 e. The summed E-state index contributed by atoms with van der Waals surface area (Å²) in [5.74, 6) is 0. The van der Waals surface area contributed by atoms with Crippen LogP contribution in [0.4, 0.5) is 0 Å². The Morgan fingerprint density at radius 2 is 1.86 bits per heavy atom. The third kappa shape index (κ3) is 2.05. The summed E-state index contributed by atoms with van der Waals surface area (Å²) in [5.41, 5.74) is 1.07. The predicted octanol–water partition coefficient (Wildman–Crippen LogP) is 3.81. The van der Waals surface area contributed by atoms with E-state index in [2.05, 4.69) is 5.32 Å². The molecule has 3 heteroatoms. The van der Waals surface area contributed by atoms with E-state index in [1.165, 1.54) is 12.8 Å². The lowest BCUT2D eigenvalue weighted by Gasteiger charge is -2.25. The monoisotopic (exact) mass is 229 g/mol. The number of halogens is 2. The van der Waals surface area contributed by atoms with E-state index >= 15 is 0 Å². The van der Waals surface area contributed by atoms with Gasteiger partial charge in [-0.2, -0.15) is 0 Å². The summed E-state index contributed by atoms with van der Waals surface area (Å²) in [5, 5.41) is 5.00. The fourth-order valence-corrected chi connectivity index (χ4v) is 2.60. The average molecular weight is 230 g/mol. The molecule has 2 rings (SSSR count). The van der Waals surface area contributed by atoms with Crippen molar-refractivity contribution in [3.8, 4) is 0 Å². The molecule has 1 aliphatic heterocycles. The van der Waals surface area contributed by atoms with Crippen molar-refractivity contribution in [1.82, 2.24) is 5.32 Å². The topological polar surface area (TPSA) is 12.0 Å². The number of nitrogens with one attached hydrogen (secondary N) is 1. The zero-order chi connectivity index (χ0) is 9.97. The van der Waals surface area contributed by atoms with Crippen molar-refractivity contribution < 1.29 is 0 Å². The molecule has 1 aliphatic rings. The van der Waals surface area contributed by atoms with Crippen LogP contribution in [0.2, 0.25) is 10.0 Å². The van der Waals surface area contributed by atoms with Crippen LogP contribution in [0.5, 0.6) is 0 Å². The van der Waals surface area contributed by atoms with Gasteiger partial charge in [-0.25, -0.2) is 0 Å². The Hall–Kier alpha value is -0.240. The molecule has 76 valence electrons. The van der Waals surface area contributed by atoms with E-state index in [0.29, 0.717) is 6.04 Å². The first-order valence-corrected chi connectivity index (χ1v) is 5.72. The fourth-order valence-electron chi connectivity index (χ4n) is 1.94. The van der Waals surface area contributed by atoms with Gasteiger partial charge in [-0.05, 0) is 31.5 Å². The van der Waals surface area contributed by atoms with Gasteiger partial charge in [0.1, 0.15) is 0 Å². The minimum absolute atomic E-state index is 0.338. The highest BCUT2D eigenvalue weighted by molar-refractivity contribution is 6.36. The van der Waals surface area contributed by atoms with Crippen molar-refractivity contribution >= 4 is 23.2 Å². The second-order valence-corrected chi connectivity index (χ2v) is 4.45.